The first-order valence-corrected chi connectivity index (χ1v) is 8.57. The number of hydrogen-bond acceptors (Lipinski definition) is 6. The van der Waals surface area contributed by atoms with E-state index in [2.05, 4.69) is 31.7 Å². The standard InChI is InChI=1S/C16H19N3O2S/c1-4-17-15(18-5-1)21-14-2-6-20-16(8-14)11-19(12-16)9-13-3-7-22-10-13/h1,3-5,7,10,14H,2,6,8-9,11-12H2/t14-/m0/s1. The fraction of sp³-hybridized carbons (Fsp3) is 0.500. The van der Waals surface area contributed by atoms with Crippen LogP contribution in [0.5, 0.6) is 6.01 Å². The van der Waals surface area contributed by atoms with Crippen LogP contribution in [0.15, 0.2) is 35.3 Å². The zero-order valence-corrected chi connectivity index (χ0v) is 13.2. The number of hydrogen-bond donors (Lipinski definition) is 0. The Morgan fingerprint density at radius 3 is 3.00 bits per heavy atom. The van der Waals surface area contributed by atoms with E-state index < -0.39 is 0 Å². The lowest BCUT2D eigenvalue weighted by Crippen LogP contribution is -2.65. The first-order chi connectivity index (χ1) is 10.8. The fourth-order valence-corrected chi connectivity index (χ4v) is 3.98. The van der Waals surface area contributed by atoms with Crippen molar-refractivity contribution in [3.05, 3.63) is 40.8 Å². The maximum absolute atomic E-state index is 6.06. The molecule has 4 rings (SSSR count). The molecule has 2 aliphatic rings. The topological polar surface area (TPSA) is 47.5 Å². The monoisotopic (exact) mass is 317 g/mol. The Bertz CT molecular complexity index is 599. The highest BCUT2D eigenvalue weighted by atomic mass is 32.1. The molecule has 22 heavy (non-hydrogen) atoms. The van der Waals surface area contributed by atoms with Gasteiger partial charge < -0.3 is 9.47 Å². The van der Waals surface area contributed by atoms with E-state index in [1.54, 1.807) is 29.8 Å². The van der Waals surface area contributed by atoms with E-state index in [-0.39, 0.29) is 11.7 Å². The molecule has 0 aromatic carbocycles. The second-order valence-electron chi connectivity index (χ2n) is 6.07. The van der Waals surface area contributed by atoms with Crippen molar-refractivity contribution in [2.75, 3.05) is 19.7 Å². The molecular weight excluding hydrogens is 298 g/mol. The van der Waals surface area contributed by atoms with Crippen molar-refractivity contribution < 1.29 is 9.47 Å². The Morgan fingerprint density at radius 2 is 2.23 bits per heavy atom. The van der Waals surface area contributed by atoms with E-state index in [1.807, 2.05) is 0 Å². The molecule has 6 heteroatoms. The molecule has 2 aliphatic heterocycles. The van der Waals surface area contributed by atoms with Crippen molar-refractivity contribution in [2.24, 2.45) is 0 Å². The second-order valence-corrected chi connectivity index (χ2v) is 6.85. The van der Waals surface area contributed by atoms with Crippen molar-refractivity contribution >= 4 is 11.3 Å². The molecule has 4 heterocycles. The summed E-state index contributed by atoms with van der Waals surface area (Å²) in [5, 5.41) is 4.34. The smallest absolute Gasteiger partial charge is 0.316 e. The van der Waals surface area contributed by atoms with Crippen molar-refractivity contribution in [1.82, 2.24) is 14.9 Å². The molecule has 2 fully saturated rings. The maximum Gasteiger partial charge on any atom is 0.316 e. The molecule has 0 N–H and O–H groups in total. The number of aromatic nitrogens is 2. The zero-order valence-electron chi connectivity index (χ0n) is 12.4. The molecule has 2 aromatic rings. The van der Waals surface area contributed by atoms with Gasteiger partial charge in [-0.1, -0.05) is 0 Å². The van der Waals surface area contributed by atoms with Crippen LogP contribution in [0.4, 0.5) is 0 Å². The number of ether oxygens (including phenoxy) is 2. The Balaban J connectivity index is 1.32. The Kier molecular flexibility index (Phi) is 3.82. The molecule has 2 aromatic heterocycles. The average Bonchev–Trinajstić information content (AvgIpc) is 3.00. The molecule has 0 amide bonds. The first-order valence-electron chi connectivity index (χ1n) is 7.62. The zero-order chi connectivity index (χ0) is 14.8. The highest BCUT2D eigenvalue weighted by Gasteiger charge is 2.48. The summed E-state index contributed by atoms with van der Waals surface area (Å²) >= 11 is 1.75. The molecule has 116 valence electrons. The van der Waals surface area contributed by atoms with Crippen molar-refractivity contribution in [3.8, 4) is 6.01 Å². The molecule has 0 unspecified atom stereocenters. The number of thiophene rings is 1. The van der Waals surface area contributed by atoms with Crippen LogP contribution in [0, 0.1) is 0 Å². The van der Waals surface area contributed by atoms with Gasteiger partial charge >= 0.3 is 6.01 Å². The number of likely N-dealkylation sites (tertiary alicyclic amines) is 1. The highest BCUT2D eigenvalue weighted by Crippen LogP contribution is 2.36. The number of rotatable bonds is 4. The minimum absolute atomic E-state index is 0.0340. The van der Waals surface area contributed by atoms with E-state index in [9.17, 15) is 0 Å². The van der Waals surface area contributed by atoms with Crippen molar-refractivity contribution in [3.63, 3.8) is 0 Å². The van der Waals surface area contributed by atoms with Gasteiger partial charge in [0.25, 0.3) is 0 Å². The summed E-state index contributed by atoms with van der Waals surface area (Å²) in [5.41, 5.74) is 1.36. The van der Waals surface area contributed by atoms with Crippen LogP contribution < -0.4 is 4.74 Å². The van der Waals surface area contributed by atoms with Gasteiger partial charge in [0.05, 0.1) is 12.2 Å². The summed E-state index contributed by atoms with van der Waals surface area (Å²) in [6.07, 6.45) is 5.40. The Labute approximate surface area is 133 Å². The van der Waals surface area contributed by atoms with E-state index in [1.165, 1.54) is 5.56 Å². The quantitative estimate of drug-likeness (QED) is 0.866. The van der Waals surface area contributed by atoms with Gasteiger partial charge in [0.1, 0.15) is 6.10 Å². The SMILES string of the molecule is c1cnc(O[C@H]2CCOC3(C2)CN(Cc2ccsc2)C3)nc1. The van der Waals surface area contributed by atoms with Gasteiger partial charge in [0.2, 0.25) is 0 Å². The normalized spacial score (nSPS) is 24.1. The van der Waals surface area contributed by atoms with Crippen molar-refractivity contribution in [2.45, 2.75) is 31.1 Å². The van der Waals surface area contributed by atoms with Crippen LogP contribution in [-0.2, 0) is 11.3 Å². The average molecular weight is 317 g/mol. The van der Waals surface area contributed by atoms with Crippen LogP contribution in [0.1, 0.15) is 18.4 Å². The van der Waals surface area contributed by atoms with Gasteiger partial charge in [-0.25, -0.2) is 9.97 Å². The molecule has 2 saturated heterocycles. The maximum atomic E-state index is 6.06. The van der Waals surface area contributed by atoms with E-state index >= 15 is 0 Å². The minimum atomic E-state index is -0.0340. The van der Waals surface area contributed by atoms with Crippen LogP contribution >= 0.6 is 11.3 Å². The number of nitrogens with zero attached hydrogens (tertiary/aromatic N) is 3. The highest BCUT2D eigenvalue weighted by molar-refractivity contribution is 7.07. The fourth-order valence-electron chi connectivity index (χ4n) is 3.32. The van der Waals surface area contributed by atoms with Gasteiger partial charge in [-0.2, -0.15) is 11.3 Å². The lowest BCUT2D eigenvalue weighted by Gasteiger charge is -2.53. The summed E-state index contributed by atoms with van der Waals surface area (Å²) in [6, 6.07) is 4.46. The third-order valence-electron chi connectivity index (χ3n) is 4.27. The van der Waals surface area contributed by atoms with E-state index in [4.69, 9.17) is 9.47 Å². The summed E-state index contributed by atoms with van der Waals surface area (Å²) in [6.45, 7) is 3.74. The lowest BCUT2D eigenvalue weighted by molar-refractivity contribution is -0.188. The van der Waals surface area contributed by atoms with Crippen LogP contribution in [0.25, 0.3) is 0 Å². The summed E-state index contributed by atoms with van der Waals surface area (Å²) in [7, 11) is 0. The Hall–Kier alpha value is -1.50. The summed E-state index contributed by atoms with van der Waals surface area (Å²) in [4.78, 5) is 10.7. The minimum Gasteiger partial charge on any atom is -0.460 e. The molecule has 0 radical (unpaired) electrons. The predicted octanol–water partition coefficient (Wildman–Crippen LogP) is 2.35. The molecule has 0 bridgehead atoms. The van der Waals surface area contributed by atoms with Gasteiger partial charge in [-0.05, 0) is 28.5 Å². The van der Waals surface area contributed by atoms with Crippen LogP contribution in [0.3, 0.4) is 0 Å². The van der Waals surface area contributed by atoms with Gasteiger partial charge in [-0.3, -0.25) is 4.90 Å². The Morgan fingerprint density at radius 1 is 1.36 bits per heavy atom. The largest absolute Gasteiger partial charge is 0.460 e. The van der Waals surface area contributed by atoms with Gasteiger partial charge in [-0.15, -0.1) is 0 Å². The van der Waals surface area contributed by atoms with Gasteiger partial charge in [0, 0.05) is 44.9 Å². The molecule has 1 spiro atoms. The van der Waals surface area contributed by atoms with Gasteiger partial charge in [0.15, 0.2) is 0 Å². The van der Waals surface area contributed by atoms with E-state index in [0.717, 1.165) is 39.1 Å². The lowest BCUT2D eigenvalue weighted by atomic mass is 9.84. The third kappa shape index (κ3) is 2.99. The molecule has 5 nitrogen and oxygen atoms in total. The van der Waals surface area contributed by atoms with Crippen molar-refractivity contribution in [1.29, 1.82) is 0 Å². The first kappa shape index (κ1) is 14.1. The second kappa shape index (κ2) is 5.95. The summed E-state index contributed by atoms with van der Waals surface area (Å²) < 4.78 is 12.0. The predicted molar refractivity (Wildman–Crippen MR) is 84.0 cm³/mol. The molecule has 0 aliphatic carbocycles. The molecule has 1 atom stereocenters. The van der Waals surface area contributed by atoms with Crippen LogP contribution in [-0.4, -0.2) is 46.3 Å². The summed E-state index contributed by atoms with van der Waals surface area (Å²) in [5.74, 6) is 0. The molecule has 0 saturated carbocycles. The van der Waals surface area contributed by atoms with E-state index in [0.29, 0.717) is 6.01 Å². The molecular formula is C16H19N3O2S. The third-order valence-corrected chi connectivity index (χ3v) is 5.00. The van der Waals surface area contributed by atoms with Crippen LogP contribution in [0.2, 0.25) is 0 Å².